The van der Waals surface area contributed by atoms with Crippen LogP contribution in [0.15, 0.2) is 29.3 Å². The van der Waals surface area contributed by atoms with Crippen LogP contribution in [0.3, 0.4) is 0 Å². The molecule has 0 saturated heterocycles. The van der Waals surface area contributed by atoms with Crippen molar-refractivity contribution in [1.29, 1.82) is 0 Å². The van der Waals surface area contributed by atoms with Crippen molar-refractivity contribution in [3.8, 4) is 0 Å². The molecule has 0 aliphatic carbocycles. The maximum absolute atomic E-state index is 12.8. The van der Waals surface area contributed by atoms with Gasteiger partial charge in [-0.3, -0.25) is 33.8 Å². The minimum atomic E-state index is -1.42. The number of guanidine groups is 1. The molecule has 0 unspecified atom stereocenters. The first-order chi connectivity index (χ1) is 18.0. The standard InChI is InChI=1S/C23H32N8O7/c1-12-19(35)31-15(6-3-7-26-23(24)25)21(37)28-11-17(32)30-16(9-18(33)34)22(38)27-10-13-4-2-5-14(8-13)20(36)29-12/h2,4-5,8,12,15-16H,3,6-7,9-11H2,1H3,(H,27,38)(H,28,37)(H,29,36)(H,30,32)(H,31,35)(H,33,34)(H4,24,25,26)/t12-,15+,16+/m1/s1. The molecule has 0 fully saturated rings. The lowest BCUT2D eigenvalue weighted by Crippen LogP contribution is -2.55. The number of carboxylic acids is 1. The predicted octanol–water partition coefficient (Wildman–Crippen LogP) is -2.95. The maximum atomic E-state index is 12.8. The summed E-state index contributed by atoms with van der Waals surface area (Å²) < 4.78 is 0. The number of benzene rings is 1. The lowest BCUT2D eigenvalue weighted by Gasteiger charge is -2.22. The molecule has 3 atom stereocenters. The molecule has 1 aliphatic rings. The quantitative estimate of drug-likeness (QED) is 0.106. The molecule has 0 spiro atoms. The molecule has 206 valence electrons. The Kier molecular flexibility index (Phi) is 11.0. The number of carbonyl (C=O) groups excluding carboxylic acids is 5. The normalized spacial score (nSPS) is 21.4. The number of fused-ring (bicyclic) bond motifs is 2. The molecule has 1 aliphatic heterocycles. The van der Waals surface area contributed by atoms with Gasteiger partial charge in [-0.2, -0.15) is 0 Å². The molecular weight excluding hydrogens is 500 g/mol. The van der Waals surface area contributed by atoms with Gasteiger partial charge in [0, 0.05) is 18.7 Å². The maximum Gasteiger partial charge on any atom is 0.305 e. The van der Waals surface area contributed by atoms with Crippen LogP contribution in [0.4, 0.5) is 0 Å². The van der Waals surface area contributed by atoms with E-state index < -0.39 is 66.6 Å². The van der Waals surface area contributed by atoms with Gasteiger partial charge < -0.3 is 43.2 Å². The average molecular weight is 533 g/mol. The third-order valence-corrected chi connectivity index (χ3v) is 5.43. The third kappa shape index (κ3) is 9.75. The number of nitrogens with one attached hydrogen (secondary N) is 5. The van der Waals surface area contributed by atoms with Crippen LogP contribution in [-0.4, -0.2) is 77.8 Å². The highest BCUT2D eigenvalue weighted by atomic mass is 16.4. The lowest BCUT2D eigenvalue weighted by atomic mass is 10.1. The van der Waals surface area contributed by atoms with E-state index in [1.165, 1.54) is 19.1 Å². The zero-order chi connectivity index (χ0) is 28.2. The molecule has 1 heterocycles. The lowest BCUT2D eigenvalue weighted by molar-refractivity contribution is -0.140. The molecular formula is C23H32N8O7. The van der Waals surface area contributed by atoms with Gasteiger partial charge in [0.25, 0.3) is 5.91 Å². The average Bonchev–Trinajstić information content (AvgIpc) is 2.86. The van der Waals surface area contributed by atoms with Gasteiger partial charge in [0.05, 0.1) is 13.0 Å². The smallest absolute Gasteiger partial charge is 0.305 e. The van der Waals surface area contributed by atoms with Gasteiger partial charge in [-0.05, 0) is 37.5 Å². The second kappa shape index (κ2) is 14.2. The molecule has 1 aromatic rings. The van der Waals surface area contributed by atoms with Crippen molar-refractivity contribution in [2.24, 2.45) is 16.5 Å². The van der Waals surface area contributed by atoms with E-state index >= 15 is 0 Å². The molecule has 38 heavy (non-hydrogen) atoms. The first-order valence-corrected chi connectivity index (χ1v) is 11.8. The van der Waals surface area contributed by atoms with Gasteiger partial charge in [-0.25, -0.2) is 0 Å². The summed E-state index contributed by atoms with van der Waals surface area (Å²) in [5, 5.41) is 21.4. The van der Waals surface area contributed by atoms with E-state index in [-0.39, 0.29) is 31.0 Å². The Balaban J connectivity index is 2.30. The highest BCUT2D eigenvalue weighted by Crippen LogP contribution is 2.07. The fourth-order valence-corrected chi connectivity index (χ4v) is 3.47. The van der Waals surface area contributed by atoms with Crippen LogP contribution in [0.1, 0.15) is 42.1 Å². The van der Waals surface area contributed by atoms with E-state index in [1.54, 1.807) is 12.1 Å². The molecule has 0 radical (unpaired) electrons. The minimum Gasteiger partial charge on any atom is -0.481 e. The number of hydrogen-bond acceptors (Lipinski definition) is 7. The molecule has 0 saturated carbocycles. The second-order valence-electron chi connectivity index (χ2n) is 8.56. The molecule has 15 heteroatoms. The Morgan fingerprint density at radius 3 is 2.34 bits per heavy atom. The van der Waals surface area contributed by atoms with Crippen molar-refractivity contribution in [2.45, 2.75) is 50.9 Å². The summed E-state index contributed by atoms with van der Waals surface area (Å²) in [6.45, 7) is 0.980. The Morgan fingerprint density at radius 1 is 0.974 bits per heavy atom. The van der Waals surface area contributed by atoms with Crippen molar-refractivity contribution >= 4 is 41.5 Å². The van der Waals surface area contributed by atoms with Crippen LogP contribution in [0.5, 0.6) is 0 Å². The van der Waals surface area contributed by atoms with E-state index in [0.717, 1.165) is 0 Å². The number of carboxylic acid groups (broad SMARTS) is 1. The fraction of sp³-hybridized carbons (Fsp3) is 0.435. The number of nitrogens with zero attached hydrogens (tertiary/aromatic N) is 1. The summed E-state index contributed by atoms with van der Waals surface area (Å²) in [5.74, 6) is -4.96. The highest BCUT2D eigenvalue weighted by Gasteiger charge is 2.27. The van der Waals surface area contributed by atoms with Crippen LogP contribution in [-0.2, 0) is 30.5 Å². The summed E-state index contributed by atoms with van der Waals surface area (Å²) in [5.41, 5.74) is 11.3. The molecule has 2 bridgehead atoms. The van der Waals surface area contributed by atoms with Crippen molar-refractivity contribution in [2.75, 3.05) is 13.1 Å². The molecule has 15 nitrogen and oxygen atoms in total. The van der Waals surface area contributed by atoms with Crippen LogP contribution < -0.4 is 38.1 Å². The highest BCUT2D eigenvalue weighted by molar-refractivity contribution is 5.99. The zero-order valence-corrected chi connectivity index (χ0v) is 20.8. The molecule has 1 aromatic carbocycles. The van der Waals surface area contributed by atoms with E-state index in [0.29, 0.717) is 12.0 Å². The number of aliphatic imine (C=N–C) groups is 1. The van der Waals surface area contributed by atoms with E-state index in [4.69, 9.17) is 16.6 Å². The van der Waals surface area contributed by atoms with E-state index in [1.807, 2.05) is 0 Å². The fourth-order valence-electron chi connectivity index (χ4n) is 3.47. The van der Waals surface area contributed by atoms with Gasteiger partial charge in [0.15, 0.2) is 5.96 Å². The first kappa shape index (κ1) is 29.5. The third-order valence-electron chi connectivity index (χ3n) is 5.43. The topological polar surface area (TPSA) is 247 Å². The zero-order valence-electron chi connectivity index (χ0n) is 20.8. The Hall–Kier alpha value is -4.69. The summed E-state index contributed by atoms with van der Waals surface area (Å²) in [7, 11) is 0. The van der Waals surface area contributed by atoms with Gasteiger partial charge in [-0.15, -0.1) is 0 Å². The van der Waals surface area contributed by atoms with Gasteiger partial charge in [0.1, 0.15) is 18.1 Å². The van der Waals surface area contributed by atoms with Crippen LogP contribution >= 0.6 is 0 Å². The SMILES string of the molecule is C[C@H]1NC(=O)c2cccc(c2)CNC(=O)[C@H](CC(=O)O)NC(=O)CNC(=O)[C@H](CCCN=C(N)N)NC1=O. The largest absolute Gasteiger partial charge is 0.481 e. The van der Waals surface area contributed by atoms with Crippen LogP contribution in [0.25, 0.3) is 0 Å². The number of hydrogen-bond donors (Lipinski definition) is 8. The van der Waals surface area contributed by atoms with E-state index in [9.17, 15) is 28.8 Å². The minimum absolute atomic E-state index is 0.0553. The van der Waals surface area contributed by atoms with E-state index in [2.05, 4.69) is 31.6 Å². The van der Waals surface area contributed by atoms with Gasteiger partial charge >= 0.3 is 5.97 Å². The van der Waals surface area contributed by atoms with Crippen LogP contribution in [0, 0.1) is 0 Å². The molecule has 10 N–H and O–H groups in total. The Bertz CT molecular complexity index is 1100. The van der Waals surface area contributed by atoms with Crippen molar-refractivity contribution in [3.05, 3.63) is 35.4 Å². The number of rotatable bonds is 6. The van der Waals surface area contributed by atoms with Crippen molar-refractivity contribution in [3.63, 3.8) is 0 Å². The number of aliphatic carboxylic acids is 1. The predicted molar refractivity (Wildman–Crippen MR) is 134 cm³/mol. The van der Waals surface area contributed by atoms with Crippen molar-refractivity contribution in [1.82, 2.24) is 26.6 Å². The summed E-state index contributed by atoms with van der Waals surface area (Å²) in [6, 6.07) is 2.68. The molecule has 5 amide bonds. The first-order valence-electron chi connectivity index (χ1n) is 11.8. The summed E-state index contributed by atoms with van der Waals surface area (Å²) in [4.78, 5) is 78.3. The summed E-state index contributed by atoms with van der Waals surface area (Å²) in [6.07, 6.45) is -0.297. The van der Waals surface area contributed by atoms with Gasteiger partial charge in [-0.1, -0.05) is 12.1 Å². The number of carbonyl (C=O) groups is 6. The number of amides is 5. The Morgan fingerprint density at radius 2 is 1.66 bits per heavy atom. The second-order valence-corrected chi connectivity index (χ2v) is 8.56. The number of nitrogens with two attached hydrogens (primary N) is 2. The monoisotopic (exact) mass is 532 g/mol. The summed E-state index contributed by atoms with van der Waals surface area (Å²) >= 11 is 0. The Labute approximate surface area is 218 Å². The molecule has 0 aromatic heterocycles. The molecule has 2 rings (SSSR count). The van der Waals surface area contributed by atoms with Crippen molar-refractivity contribution < 1.29 is 33.9 Å². The van der Waals surface area contributed by atoms with Gasteiger partial charge in [0.2, 0.25) is 23.6 Å². The van der Waals surface area contributed by atoms with Crippen LogP contribution in [0.2, 0.25) is 0 Å².